The molecule has 0 radical (unpaired) electrons. The van der Waals surface area contributed by atoms with Crippen molar-refractivity contribution in [3.05, 3.63) is 23.9 Å². The first-order valence-electron chi connectivity index (χ1n) is 4.76. The van der Waals surface area contributed by atoms with Crippen molar-refractivity contribution in [3.63, 3.8) is 0 Å². The quantitative estimate of drug-likeness (QED) is 0.747. The number of carbonyl (C=O) groups excluding carboxylic acids is 1. The Morgan fingerprint density at radius 2 is 2.36 bits per heavy atom. The average Bonchev–Trinajstić information content (AvgIpc) is 2.65. The van der Waals surface area contributed by atoms with Gasteiger partial charge in [0.25, 0.3) is 0 Å². The lowest BCUT2D eigenvalue weighted by Crippen LogP contribution is -2.24. The van der Waals surface area contributed by atoms with E-state index in [1.165, 1.54) is 0 Å². The Hall–Kier alpha value is -1.42. The van der Waals surface area contributed by atoms with Gasteiger partial charge in [0.1, 0.15) is 5.82 Å². The van der Waals surface area contributed by atoms with E-state index in [-0.39, 0.29) is 5.91 Å². The van der Waals surface area contributed by atoms with Crippen LogP contribution >= 0.6 is 0 Å². The van der Waals surface area contributed by atoms with Gasteiger partial charge in [0.05, 0.1) is 0 Å². The minimum atomic E-state index is 0.165. The minimum absolute atomic E-state index is 0.165. The molecule has 1 fully saturated rings. The summed E-state index contributed by atoms with van der Waals surface area (Å²) in [6.07, 6.45) is 3.29. The van der Waals surface area contributed by atoms with Crippen LogP contribution in [0, 0.1) is 0 Å². The highest BCUT2D eigenvalue weighted by Crippen LogP contribution is 2.18. The van der Waals surface area contributed by atoms with Crippen molar-refractivity contribution < 1.29 is 4.79 Å². The molecule has 0 spiro atoms. The Bertz CT molecular complexity index is 334. The molecule has 4 nitrogen and oxygen atoms in total. The second-order valence-corrected chi connectivity index (χ2v) is 3.38. The van der Waals surface area contributed by atoms with Gasteiger partial charge in [-0.15, -0.1) is 0 Å². The fourth-order valence-corrected chi connectivity index (χ4v) is 1.59. The molecule has 1 aliphatic heterocycles. The Morgan fingerprint density at radius 1 is 1.50 bits per heavy atom. The van der Waals surface area contributed by atoms with Crippen molar-refractivity contribution in [2.75, 3.05) is 11.4 Å². The summed E-state index contributed by atoms with van der Waals surface area (Å²) in [7, 11) is 0. The minimum Gasteiger partial charge on any atom is -0.326 e. The summed E-state index contributed by atoms with van der Waals surface area (Å²) < 4.78 is 0. The van der Waals surface area contributed by atoms with Crippen molar-refractivity contribution >= 4 is 11.7 Å². The highest BCUT2D eigenvalue weighted by atomic mass is 16.2. The summed E-state index contributed by atoms with van der Waals surface area (Å²) in [5, 5.41) is 0. The second-order valence-electron chi connectivity index (χ2n) is 3.38. The number of nitrogens with zero attached hydrogens (tertiary/aromatic N) is 2. The van der Waals surface area contributed by atoms with Crippen molar-refractivity contribution in [1.29, 1.82) is 0 Å². The number of anilines is 1. The largest absolute Gasteiger partial charge is 0.326 e. The van der Waals surface area contributed by atoms with Gasteiger partial charge < -0.3 is 5.73 Å². The fourth-order valence-electron chi connectivity index (χ4n) is 1.59. The van der Waals surface area contributed by atoms with Gasteiger partial charge in [0.2, 0.25) is 5.91 Å². The van der Waals surface area contributed by atoms with Crippen molar-refractivity contribution in [1.82, 2.24) is 4.98 Å². The number of hydrogen-bond acceptors (Lipinski definition) is 3. The molecule has 14 heavy (non-hydrogen) atoms. The first kappa shape index (κ1) is 9.15. The van der Waals surface area contributed by atoms with Crippen LogP contribution in [-0.4, -0.2) is 17.4 Å². The van der Waals surface area contributed by atoms with Crippen LogP contribution in [-0.2, 0) is 11.3 Å². The lowest BCUT2D eigenvalue weighted by Gasteiger charge is -2.14. The van der Waals surface area contributed by atoms with Gasteiger partial charge in [-0.2, -0.15) is 0 Å². The number of amides is 1. The van der Waals surface area contributed by atoms with E-state index in [1.54, 1.807) is 11.1 Å². The number of hydrogen-bond donors (Lipinski definition) is 1. The SMILES string of the molecule is NCc1ccc(N2CCCC2=O)nc1. The third-order valence-corrected chi connectivity index (χ3v) is 2.39. The van der Waals surface area contributed by atoms with Gasteiger partial charge in [-0.3, -0.25) is 9.69 Å². The molecule has 1 amide bonds. The summed E-state index contributed by atoms with van der Waals surface area (Å²) in [6, 6.07) is 3.76. The molecule has 1 aromatic heterocycles. The van der Waals surface area contributed by atoms with E-state index in [9.17, 15) is 4.79 Å². The zero-order valence-electron chi connectivity index (χ0n) is 7.94. The molecular formula is C10H13N3O. The Labute approximate surface area is 82.7 Å². The summed E-state index contributed by atoms with van der Waals surface area (Å²) in [5.74, 6) is 0.905. The third-order valence-electron chi connectivity index (χ3n) is 2.39. The van der Waals surface area contributed by atoms with Gasteiger partial charge in [-0.1, -0.05) is 6.07 Å². The predicted molar refractivity (Wildman–Crippen MR) is 53.7 cm³/mol. The Balaban J connectivity index is 2.20. The highest BCUT2D eigenvalue weighted by molar-refractivity contribution is 5.94. The van der Waals surface area contributed by atoms with Crippen LogP contribution < -0.4 is 10.6 Å². The van der Waals surface area contributed by atoms with Crippen LogP contribution in [0.15, 0.2) is 18.3 Å². The van der Waals surface area contributed by atoms with Crippen molar-refractivity contribution in [3.8, 4) is 0 Å². The monoisotopic (exact) mass is 191 g/mol. The molecule has 1 aromatic rings. The maximum atomic E-state index is 11.4. The van der Waals surface area contributed by atoms with Gasteiger partial charge in [0.15, 0.2) is 0 Å². The second kappa shape index (κ2) is 3.75. The van der Waals surface area contributed by atoms with Gasteiger partial charge in [0, 0.05) is 25.7 Å². The van der Waals surface area contributed by atoms with E-state index < -0.39 is 0 Å². The molecule has 0 aliphatic carbocycles. The smallest absolute Gasteiger partial charge is 0.228 e. The molecule has 0 saturated carbocycles. The number of aromatic nitrogens is 1. The Morgan fingerprint density at radius 3 is 2.86 bits per heavy atom. The van der Waals surface area contributed by atoms with Crippen molar-refractivity contribution in [2.45, 2.75) is 19.4 Å². The topological polar surface area (TPSA) is 59.2 Å². The molecule has 1 aliphatic rings. The molecule has 2 N–H and O–H groups in total. The van der Waals surface area contributed by atoms with E-state index in [1.807, 2.05) is 12.1 Å². The maximum absolute atomic E-state index is 11.4. The van der Waals surface area contributed by atoms with E-state index in [0.717, 1.165) is 24.3 Å². The van der Waals surface area contributed by atoms with E-state index in [0.29, 0.717) is 13.0 Å². The number of nitrogens with two attached hydrogens (primary N) is 1. The number of rotatable bonds is 2. The summed E-state index contributed by atoms with van der Waals surface area (Å²) in [6.45, 7) is 1.27. The third kappa shape index (κ3) is 1.61. The lowest BCUT2D eigenvalue weighted by molar-refractivity contribution is -0.117. The Kier molecular flexibility index (Phi) is 2.45. The van der Waals surface area contributed by atoms with E-state index in [4.69, 9.17) is 5.73 Å². The van der Waals surface area contributed by atoms with E-state index >= 15 is 0 Å². The molecule has 4 heteroatoms. The molecular weight excluding hydrogens is 178 g/mol. The summed E-state index contributed by atoms with van der Waals surface area (Å²) >= 11 is 0. The van der Waals surface area contributed by atoms with Gasteiger partial charge >= 0.3 is 0 Å². The van der Waals surface area contributed by atoms with Gasteiger partial charge in [-0.25, -0.2) is 4.98 Å². The van der Waals surface area contributed by atoms with Crippen molar-refractivity contribution in [2.24, 2.45) is 5.73 Å². The molecule has 0 aromatic carbocycles. The van der Waals surface area contributed by atoms with Crippen LogP contribution in [0.2, 0.25) is 0 Å². The molecule has 1 saturated heterocycles. The van der Waals surface area contributed by atoms with Gasteiger partial charge in [-0.05, 0) is 18.1 Å². The number of pyridine rings is 1. The van der Waals surface area contributed by atoms with Crippen LogP contribution in [0.1, 0.15) is 18.4 Å². The fraction of sp³-hybridized carbons (Fsp3) is 0.400. The molecule has 0 atom stereocenters. The summed E-state index contributed by atoms with van der Waals surface area (Å²) in [5.41, 5.74) is 6.45. The standard InChI is InChI=1S/C10H13N3O/c11-6-8-3-4-9(12-7-8)13-5-1-2-10(13)14/h3-4,7H,1-2,5-6,11H2. The lowest BCUT2D eigenvalue weighted by atomic mass is 10.3. The van der Waals surface area contributed by atoms with Crippen LogP contribution in [0.5, 0.6) is 0 Å². The summed E-state index contributed by atoms with van der Waals surface area (Å²) in [4.78, 5) is 17.3. The van der Waals surface area contributed by atoms with E-state index in [2.05, 4.69) is 4.98 Å². The normalized spacial score (nSPS) is 16.4. The molecule has 0 bridgehead atoms. The molecule has 2 rings (SSSR count). The molecule has 74 valence electrons. The van der Waals surface area contributed by atoms with Crippen LogP contribution in [0.4, 0.5) is 5.82 Å². The zero-order valence-corrected chi connectivity index (χ0v) is 7.94. The van der Waals surface area contributed by atoms with Crippen LogP contribution in [0.25, 0.3) is 0 Å². The molecule has 0 unspecified atom stereocenters. The molecule has 2 heterocycles. The zero-order chi connectivity index (χ0) is 9.97. The maximum Gasteiger partial charge on any atom is 0.228 e. The first-order chi connectivity index (χ1) is 6.81. The predicted octanol–water partition coefficient (Wildman–Crippen LogP) is 0.667. The number of carbonyl (C=O) groups is 1. The first-order valence-corrected chi connectivity index (χ1v) is 4.76. The average molecular weight is 191 g/mol. The highest BCUT2D eigenvalue weighted by Gasteiger charge is 2.22. The van der Waals surface area contributed by atoms with Crippen LogP contribution in [0.3, 0.4) is 0 Å².